The fraction of sp³-hybridized carbons (Fsp3) is 0.333. The Hall–Kier alpha value is -1.59. The molecule has 1 aromatic carbocycles. The van der Waals surface area contributed by atoms with Crippen molar-refractivity contribution in [1.29, 1.82) is 0 Å². The van der Waals surface area contributed by atoms with Gasteiger partial charge in [0.05, 0.1) is 12.8 Å². The van der Waals surface area contributed by atoms with Crippen LogP contribution in [0.25, 0.3) is 0 Å². The van der Waals surface area contributed by atoms with Crippen molar-refractivity contribution in [3.63, 3.8) is 0 Å². The molecule has 0 heterocycles. The topological polar surface area (TPSA) is 72.0 Å². The average Bonchev–Trinajstić information content (AvgIpc) is 2.37. The van der Waals surface area contributed by atoms with Crippen molar-refractivity contribution in [2.24, 2.45) is 15.9 Å². The molecular formula is C12H17ClN4O. The van der Waals surface area contributed by atoms with Gasteiger partial charge in [-0.3, -0.25) is 4.84 Å². The molecule has 6 heteroatoms. The van der Waals surface area contributed by atoms with E-state index in [4.69, 9.17) is 22.2 Å². The van der Waals surface area contributed by atoms with Crippen molar-refractivity contribution >= 4 is 23.8 Å². The quantitative estimate of drug-likeness (QED) is 0.360. The first-order valence-corrected chi connectivity index (χ1v) is 6.10. The van der Waals surface area contributed by atoms with Gasteiger partial charge in [-0.1, -0.05) is 43.1 Å². The summed E-state index contributed by atoms with van der Waals surface area (Å²) in [5.41, 5.74) is 8.80. The molecule has 0 atom stereocenters. The van der Waals surface area contributed by atoms with Crippen molar-refractivity contribution in [2.45, 2.75) is 19.8 Å². The van der Waals surface area contributed by atoms with E-state index >= 15 is 0 Å². The molecule has 18 heavy (non-hydrogen) atoms. The highest BCUT2D eigenvalue weighted by atomic mass is 35.5. The number of hydroxylamine groups is 1. The van der Waals surface area contributed by atoms with Crippen molar-refractivity contribution < 1.29 is 4.84 Å². The summed E-state index contributed by atoms with van der Waals surface area (Å²) >= 11 is 5.95. The minimum absolute atomic E-state index is 0.106. The van der Waals surface area contributed by atoms with E-state index < -0.39 is 0 Å². The molecule has 0 aliphatic rings. The van der Waals surface area contributed by atoms with Crippen molar-refractivity contribution in [3.05, 3.63) is 34.9 Å². The predicted octanol–water partition coefficient (Wildman–Crippen LogP) is 2.31. The number of nitrogens with two attached hydrogens (primary N) is 1. The van der Waals surface area contributed by atoms with E-state index in [9.17, 15) is 0 Å². The molecule has 0 aliphatic heterocycles. The van der Waals surface area contributed by atoms with Gasteiger partial charge in [-0.25, -0.2) is 5.48 Å². The maximum Gasteiger partial charge on any atom is 0.237 e. The average molecular weight is 269 g/mol. The molecule has 3 N–H and O–H groups in total. The van der Waals surface area contributed by atoms with E-state index in [0.29, 0.717) is 11.6 Å². The molecule has 98 valence electrons. The number of hydrogen-bond donors (Lipinski definition) is 2. The van der Waals surface area contributed by atoms with E-state index in [0.717, 1.165) is 18.4 Å². The van der Waals surface area contributed by atoms with Gasteiger partial charge >= 0.3 is 0 Å². The zero-order chi connectivity index (χ0) is 13.2. The largest absolute Gasteiger partial charge is 0.367 e. The van der Waals surface area contributed by atoms with Crippen molar-refractivity contribution in [1.82, 2.24) is 5.48 Å². The molecule has 0 aromatic heterocycles. The maximum absolute atomic E-state index is 5.95. The first-order chi connectivity index (χ1) is 8.74. The van der Waals surface area contributed by atoms with Crippen molar-refractivity contribution in [2.75, 3.05) is 6.61 Å². The van der Waals surface area contributed by atoms with Crippen LogP contribution >= 0.6 is 11.6 Å². The Bertz CT molecular complexity index is 420. The second kappa shape index (κ2) is 8.49. The lowest BCUT2D eigenvalue weighted by Crippen LogP contribution is -2.31. The monoisotopic (exact) mass is 268 g/mol. The number of halogens is 1. The van der Waals surface area contributed by atoms with E-state index in [1.54, 1.807) is 6.07 Å². The van der Waals surface area contributed by atoms with Gasteiger partial charge in [0.1, 0.15) is 0 Å². The third-order valence-electron chi connectivity index (χ3n) is 2.04. The Balaban J connectivity index is 2.40. The molecule has 0 aliphatic carbocycles. The van der Waals surface area contributed by atoms with Crippen LogP contribution in [0, 0.1) is 0 Å². The molecule has 0 radical (unpaired) electrons. The Morgan fingerprint density at radius 3 is 3.00 bits per heavy atom. The van der Waals surface area contributed by atoms with Gasteiger partial charge in [-0.05, 0) is 12.5 Å². The van der Waals surface area contributed by atoms with E-state index in [1.165, 1.54) is 6.21 Å². The first kappa shape index (κ1) is 14.5. The summed E-state index contributed by atoms with van der Waals surface area (Å²) in [5.74, 6) is 0.106. The number of rotatable bonds is 6. The van der Waals surface area contributed by atoms with Crippen LogP contribution in [0.15, 0.2) is 34.5 Å². The summed E-state index contributed by atoms with van der Waals surface area (Å²) in [6.45, 7) is 2.66. The number of guanidine groups is 1. The molecule has 0 bridgehead atoms. The van der Waals surface area contributed by atoms with Gasteiger partial charge in [0.25, 0.3) is 0 Å². The fourth-order valence-corrected chi connectivity index (χ4v) is 1.28. The second-order valence-electron chi connectivity index (χ2n) is 3.56. The minimum Gasteiger partial charge on any atom is -0.367 e. The number of hydrogen-bond acceptors (Lipinski definition) is 3. The lowest BCUT2D eigenvalue weighted by molar-refractivity contribution is 0.0816. The molecule has 0 spiro atoms. The summed E-state index contributed by atoms with van der Waals surface area (Å²) in [6, 6.07) is 7.33. The molecule has 0 saturated carbocycles. The zero-order valence-corrected chi connectivity index (χ0v) is 11.0. The van der Waals surface area contributed by atoms with E-state index in [-0.39, 0.29) is 5.96 Å². The van der Waals surface area contributed by atoms with Gasteiger partial charge in [-0.15, -0.1) is 5.10 Å². The highest BCUT2D eigenvalue weighted by molar-refractivity contribution is 6.33. The normalized spacial score (nSPS) is 12.0. The molecule has 0 fully saturated rings. The Labute approximate surface area is 112 Å². The maximum atomic E-state index is 5.95. The highest BCUT2D eigenvalue weighted by Crippen LogP contribution is 2.12. The second-order valence-corrected chi connectivity index (χ2v) is 3.96. The van der Waals surface area contributed by atoms with Crippen LogP contribution in [0.5, 0.6) is 0 Å². The Kier molecular flexibility index (Phi) is 6.83. The molecule has 1 aromatic rings. The SMILES string of the molecule is CCCCONC(N)=NN=Cc1ccccc1Cl. The summed E-state index contributed by atoms with van der Waals surface area (Å²) in [4.78, 5) is 5.06. The van der Waals surface area contributed by atoms with E-state index in [2.05, 4.69) is 22.6 Å². The summed E-state index contributed by atoms with van der Waals surface area (Å²) in [5, 5.41) is 8.15. The lowest BCUT2D eigenvalue weighted by atomic mass is 10.2. The van der Waals surface area contributed by atoms with Crippen LogP contribution in [0.3, 0.4) is 0 Å². The number of benzene rings is 1. The third kappa shape index (κ3) is 5.65. The molecule has 0 saturated heterocycles. The van der Waals surface area contributed by atoms with Gasteiger partial charge in [-0.2, -0.15) is 5.10 Å². The smallest absolute Gasteiger partial charge is 0.237 e. The standard InChI is InChI=1S/C12H17ClN4O/c1-2-3-8-18-17-12(14)16-15-9-10-6-4-5-7-11(10)13/h4-7,9H,2-3,8H2,1H3,(H3,14,16,17). The molecule has 0 unspecified atom stereocenters. The van der Waals surface area contributed by atoms with Crippen LogP contribution in [-0.4, -0.2) is 18.8 Å². The molecule has 5 nitrogen and oxygen atoms in total. The van der Waals surface area contributed by atoms with Crippen LogP contribution in [0.4, 0.5) is 0 Å². The summed E-state index contributed by atoms with van der Waals surface area (Å²) in [7, 11) is 0. The first-order valence-electron chi connectivity index (χ1n) is 5.73. The summed E-state index contributed by atoms with van der Waals surface area (Å²) in [6.07, 6.45) is 3.55. The van der Waals surface area contributed by atoms with Crippen LogP contribution < -0.4 is 11.2 Å². The highest BCUT2D eigenvalue weighted by Gasteiger charge is 1.94. The molecular weight excluding hydrogens is 252 g/mol. The van der Waals surface area contributed by atoms with Gasteiger partial charge in [0.2, 0.25) is 5.96 Å². The van der Waals surface area contributed by atoms with Crippen molar-refractivity contribution in [3.8, 4) is 0 Å². The van der Waals surface area contributed by atoms with E-state index in [1.807, 2.05) is 18.2 Å². The molecule has 1 rings (SSSR count). The van der Waals surface area contributed by atoms with Crippen LogP contribution in [0.2, 0.25) is 5.02 Å². The number of nitrogens with one attached hydrogen (secondary N) is 1. The van der Waals surface area contributed by atoms with Crippen LogP contribution in [-0.2, 0) is 4.84 Å². The fourth-order valence-electron chi connectivity index (χ4n) is 1.09. The Morgan fingerprint density at radius 1 is 1.50 bits per heavy atom. The lowest BCUT2D eigenvalue weighted by Gasteiger charge is -2.03. The summed E-state index contributed by atoms with van der Waals surface area (Å²) < 4.78 is 0. The van der Waals surface area contributed by atoms with Gasteiger partial charge in [0.15, 0.2) is 0 Å². The predicted molar refractivity (Wildman–Crippen MR) is 74.7 cm³/mol. The van der Waals surface area contributed by atoms with Gasteiger partial charge in [0, 0.05) is 10.6 Å². The Morgan fingerprint density at radius 2 is 2.28 bits per heavy atom. The number of nitrogens with zero attached hydrogens (tertiary/aromatic N) is 2. The third-order valence-corrected chi connectivity index (χ3v) is 2.39. The zero-order valence-electron chi connectivity index (χ0n) is 10.3. The minimum atomic E-state index is 0.106. The van der Waals surface area contributed by atoms with Gasteiger partial charge < -0.3 is 5.73 Å². The number of unbranched alkanes of at least 4 members (excludes halogenated alkanes) is 1. The molecule has 0 amide bonds. The van der Waals surface area contributed by atoms with Crippen LogP contribution in [0.1, 0.15) is 25.3 Å².